The maximum atomic E-state index is 12.0. The molecule has 0 aromatic carbocycles. The largest absolute Gasteiger partial charge is 0.383 e. The number of carbonyl (C=O) groups excluding carboxylic acids is 1. The highest BCUT2D eigenvalue weighted by Crippen LogP contribution is 2.25. The number of ether oxygens (including phenoxy) is 1. The van der Waals surface area contributed by atoms with Crippen molar-refractivity contribution in [2.75, 3.05) is 38.7 Å². The van der Waals surface area contributed by atoms with Crippen molar-refractivity contribution in [2.24, 2.45) is 13.0 Å². The Labute approximate surface area is 153 Å². The third-order valence-electron chi connectivity index (χ3n) is 4.83. The lowest BCUT2D eigenvalue weighted by molar-refractivity contribution is -0.128. The summed E-state index contributed by atoms with van der Waals surface area (Å²) in [7, 11) is 3.58. The number of nitrogens with zero attached hydrogens (tertiary/aromatic N) is 5. The third kappa shape index (κ3) is 3.85. The van der Waals surface area contributed by atoms with E-state index in [0.717, 1.165) is 29.2 Å². The van der Waals surface area contributed by atoms with E-state index in [-0.39, 0.29) is 11.8 Å². The normalized spacial score (nSPS) is 17.2. The first-order chi connectivity index (χ1) is 12.5. The first-order valence-electron chi connectivity index (χ1n) is 8.83. The van der Waals surface area contributed by atoms with Gasteiger partial charge in [-0.3, -0.25) is 9.48 Å². The Kier molecular flexibility index (Phi) is 5.51. The Hall–Kier alpha value is -2.48. The molecule has 3 heterocycles. The summed E-state index contributed by atoms with van der Waals surface area (Å²) >= 11 is 0. The van der Waals surface area contributed by atoms with E-state index in [0.29, 0.717) is 32.1 Å². The van der Waals surface area contributed by atoms with E-state index in [1.54, 1.807) is 13.3 Å². The summed E-state index contributed by atoms with van der Waals surface area (Å²) in [4.78, 5) is 22.8. The van der Waals surface area contributed by atoms with Gasteiger partial charge in [-0.2, -0.15) is 5.10 Å². The predicted molar refractivity (Wildman–Crippen MR) is 98.8 cm³/mol. The molecule has 8 heteroatoms. The quantitative estimate of drug-likeness (QED) is 0.805. The predicted octanol–water partition coefficient (Wildman–Crippen LogP) is 1.40. The zero-order valence-corrected chi connectivity index (χ0v) is 15.8. The van der Waals surface area contributed by atoms with Gasteiger partial charge in [0.25, 0.3) is 0 Å². The van der Waals surface area contributed by atoms with Crippen LogP contribution in [-0.4, -0.2) is 63.9 Å². The fourth-order valence-corrected chi connectivity index (χ4v) is 3.37. The molecule has 8 nitrogen and oxygen atoms in total. The zero-order valence-electron chi connectivity index (χ0n) is 15.8. The molecule has 1 amide bonds. The second kappa shape index (κ2) is 7.82. The minimum Gasteiger partial charge on any atom is -0.383 e. The number of aromatic nitrogens is 4. The van der Waals surface area contributed by atoms with Crippen molar-refractivity contribution >= 4 is 11.9 Å². The Morgan fingerprint density at radius 3 is 2.88 bits per heavy atom. The molecule has 0 aliphatic carbocycles. The van der Waals surface area contributed by atoms with Gasteiger partial charge in [0, 0.05) is 63.6 Å². The SMILES string of the molecule is COCCN1C[C@@H](CNc2nccc(-c3c(C)nn(C)c3C)n2)CC1=O. The van der Waals surface area contributed by atoms with Crippen LogP contribution >= 0.6 is 0 Å². The number of nitrogens with one attached hydrogen (secondary N) is 1. The molecule has 140 valence electrons. The van der Waals surface area contributed by atoms with Crippen LogP contribution in [-0.2, 0) is 16.6 Å². The molecule has 0 bridgehead atoms. The van der Waals surface area contributed by atoms with Crippen LogP contribution in [0, 0.1) is 19.8 Å². The van der Waals surface area contributed by atoms with Gasteiger partial charge in [-0.05, 0) is 19.9 Å². The molecule has 0 spiro atoms. The molecule has 0 saturated carbocycles. The maximum absolute atomic E-state index is 12.0. The summed E-state index contributed by atoms with van der Waals surface area (Å²) in [5.41, 5.74) is 3.92. The molecule has 1 saturated heterocycles. The minimum absolute atomic E-state index is 0.185. The Balaban J connectivity index is 1.64. The van der Waals surface area contributed by atoms with Gasteiger partial charge in [-0.1, -0.05) is 0 Å². The first kappa shape index (κ1) is 18.3. The first-order valence-corrected chi connectivity index (χ1v) is 8.83. The number of hydrogen-bond donors (Lipinski definition) is 1. The summed E-state index contributed by atoms with van der Waals surface area (Å²) < 4.78 is 6.92. The standard InChI is InChI=1S/C18H26N6O2/c1-12-17(13(2)23(3)22-12)15-5-6-19-18(21-15)20-10-14-9-16(25)24(11-14)7-8-26-4/h5-6,14H,7-11H2,1-4H3,(H,19,20,21)/t14-/m1/s1. The van der Waals surface area contributed by atoms with Gasteiger partial charge in [-0.25, -0.2) is 9.97 Å². The maximum Gasteiger partial charge on any atom is 0.223 e. The fourth-order valence-electron chi connectivity index (χ4n) is 3.37. The average molecular weight is 358 g/mol. The minimum atomic E-state index is 0.185. The third-order valence-corrected chi connectivity index (χ3v) is 4.83. The molecule has 1 aliphatic rings. The van der Waals surface area contributed by atoms with Gasteiger partial charge in [0.1, 0.15) is 0 Å². The molecule has 0 unspecified atom stereocenters. The fraction of sp³-hybridized carbons (Fsp3) is 0.556. The summed E-state index contributed by atoms with van der Waals surface area (Å²) in [6, 6.07) is 1.90. The van der Waals surface area contributed by atoms with Crippen molar-refractivity contribution in [1.82, 2.24) is 24.6 Å². The number of methoxy groups -OCH3 is 1. The monoisotopic (exact) mass is 358 g/mol. The molecule has 1 atom stereocenters. The molecule has 1 aliphatic heterocycles. The highest BCUT2D eigenvalue weighted by atomic mass is 16.5. The van der Waals surface area contributed by atoms with Crippen LogP contribution in [0.25, 0.3) is 11.3 Å². The average Bonchev–Trinajstić information content (AvgIpc) is 3.10. The molecule has 2 aromatic rings. The van der Waals surface area contributed by atoms with Crippen LogP contribution in [0.4, 0.5) is 5.95 Å². The second-order valence-corrected chi connectivity index (χ2v) is 6.72. The Morgan fingerprint density at radius 2 is 2.19 bits per heavy atom. The Bertz CT molecular complexity index is 788. The van der Waals surface area contributed by atoms with Gasteiger partial charge in [0.15, 0.2) is 0 Å². The van der Waals surface area contributed by atoms with Gasteiger partial charge < -0.3 is 15.0 Å². The molecular weight excluding hydrogens is 332 g/mol. The lowest BCUT2D eigenvalue weighted by Gasteiger charge is -2.16. The van der Waals surface area contributed by atoms with Gasteiger partial charge in [-0.15, -0.1) is 0 Å². The van der Waals surface area contributed by atoms with Crippen LogP contribution in [0.2, 0.25) is 0 Å². The van der Waals surface area contributed by atoms with E-state index in [1.165, 1.54) is 0 Å². The van der Waals surface area contributed by atoms with Crippen molar-refractivity contribution in [1.29, 1.82) is 0 Å². The van der Waals surface area contributed by atoms with Crippen molar-refractivity contribution in [2.45, 2.75) is 20.3 Å². The molecule has 1 N–H and O–H groups in total. The van der Waals surface area contributed by atoms with Crippen molar-refractivity contribution in [3.05, 3.63) is 23.7 Å². The smallest absolute Gasteiger partial charge is 0.223 e. The number of anilines is 1. The van der Waals surface area contributed by atoms with Crippen molar-refractivity contribution in [3.63, 3.8) is 0 Å². The van der Waals surface area contributed by atoms with Crippen LogP contribution in [0.3, 0.4) is 0 Å². The molecule has 1 fully saturated rings. The molecule has 26 heavy (non-hydrogen) atoms. The lowest BCUT2D eigenvalue weighted by Crippen LogP contribution is -2.29. The highest BCUT2D eigenvalue weighted by Gasteiger charge is 2.29. The van der Waals surface area contributed by atoms with Crippen LogP contribution in [0.5, 0.6) is 0 Å². The number of carbonyl (C=O) groups is 1. The summed E-state index contributed by atoms with van der Waals surface area (Å²) in [6.45, 7) is 6.65. The van der Waals surface area contributed by atoms with Gasteiger partial charge >= 0.3 is 0 Å². The van der Waals surface area contributed by atoms with E-state index in [1.807, 2.05) is 36.5 Å². The number of aryl methyl sites for hydroxylation is 2. The van der Waals surface area contributed by atoms with Gasteiger partial charge in [0.05, 0.1) is 18.0 Å². The van der Waals surface area contributed by atoms with Crippen LogP contribution in [0.1, 0.15) is 17.8 Å². The second-order valence-electron chi connectivity index (χ2n) is 6.72. The summed E-state index contributed by atoms with van der Waals surface area (Å²) in [5.74, 6) is 1.02. The topological polar surface area (TPSA) is 85.2 Å². The molecule has 2 aromatic heterocycles. The van der Waals surface area contributed by atoms with E-state index in [9.17, 15) is 4.79 Å². The lowest BCUT2D eigenvalue weighted by atomic mass is 10.1. The summed E-state index contributed by atoms with van der Waals surface area (Å²) in [6.07, 6.45) is 2.30. The Morgan fingerprint density at radius 1 is 1.38 bits per heavy atom. The number of rotatable bonds is 7. The zero-order chi connectivity index (χ0) is 18.7. The molecule has 3 rings (SSSR count). The summed E-state index contributed by atoms with van der Waals surface area (Å²) in [5, 5.41) is 7.73. The van der Waals surface area contributed by atoms with Crippen molar-refractivity contribution < 1.29 is 9.53 Å². The van der Waals surface area contributed by atoms with Gasteiger partial charge in [0.2, 0.25) is 11.9 Å². The number of hydrogen-bond acceptors (Lipinski definition) is 6. The molecular formula is C18H26N6O2. The van der Waals surface area contributed by atoms with E-state index in [2.05, 4.69) is 20.4 Å². The van der Waals surface area contributed by atoms with E-state index >= 15 is 0 Å². The number of amides is 1. The van der Waals surface area contributed by atoms with Crippen LogP contribution < -0.4 is 5.32 Å². The van der Waals surface area contributed by atoms with E-state index < -0.39 is 0 Å². The highest BCUT2D eigenvalue weighted by molar-refractivity contribution is 5.78. The van der Waals surface area contributed by atoms with Crippen LogP contribution in [0.15, 0.2) is 12.3 Å². The number of likely N-dealkylation sites (tertiary alicyclic amines) is 1. The van der Waals surface area contributed by atoms with E-state index in [4.69, 9.17) is 4.74 Å². The molecule has 0 radical (unpaired) electrons. The van der Waals surface area contributed by atoms with Crippen molar-refractivity contribution in [3.8, 4) is 11.3 Å².